The highest BCUT2D eigenvalue weighted by Crippen LogP contribution is 2.40. The Morgan fingerprint density at radius 3 is 1.55 bits per heavy atom. The molecule has 5 heteroatoms. The van der Waals surface area contributed by atoms with Crippen molar-refractivity contribution in [2.75, 3.05) is 6.61 Å². The van der Waals surface area contributed by atoms with Crippen molar-refractivity contribution in [2.45, 2.75) is 90.0 Å². The van der Waals surface area contributed by atoms with Gasteiger partial charge in [0.05, 0.1) is 18.8 Å². The molecular weight excluding hydrogens is 308 g/mol. The molecule has 0 radical (unpaired) electrons. The molecule has 0 heterocycles. The average Bonchev–Trinajstić information content (AvgIpc) is 2.30. The number of aliphatic hydroxyl groups excluding tert-OH is 1. The van der Waals surface area contributed by atoms with Crippen LogP contribution in [0.4, 0.5) is 0 Å². The smallest absolute Gasteiger partial charge is 0.193 e. The van der Waals surface area contributed by atoms with Crippen LogP contribution in [0.2, 0.25) is 36.3 Å². The van der Waals surface area contributed by atoms with Gasteiger partial charge in [0.1, 0.15) is 0 Å². The molecule has 0 aliphatic carbocycles. The molecule has 1 N–H and O–H groups in total. The molecule has 0 spiro atoms. The largest absolute Gasteiger partial charge is 0.409 e. The lowest BCUT2D eigenvalue weighted by Crippen LogP contribution is -2.52. The van der Waals surface area contributed by atoms with Crippen molar-refractivity contribution >= 4 is 16.6 Å². The molecule has 0 saturated heterocycles. The summed E-state index contributed by atoms with van der Waals surface area (Å²) in [6.45, 7) is 25.9. The second kappa shape index (κ2) is 7.30. The van der Waals surface area contributed by atoms with E-state index in [-0.39, 0.29) is 28.9 Å². The van der Waals surface area contributed by atoms with E-state index in [1.807, 2.05) is 0 Å². The van der Waals surface area contributed by atoms with Crippen LogP contribution in [0, 0.1) is 0 Å². The van der Waals surface area contributed by atoms with Crippen molar-refractivity contribution in [3.05, 3.63) is 12.7 Å². The van der Waals surface area contributed by atoms with Crippen molar-refractivity contribution in [1.82, 2.24) is 0 Å². The molecule has 0 unspecified atom stereocenters. The van der Waals surface area contributed by atoms with E-state index in [2.05, 4.69) is 74.3 Å². The summed E-state index contributed by atoms with van der Waals surface area (Å²) in [4.78, 5) is 0. The topological polar surface area (TPSA) is 38.7 Å². The highest BCUT2D eigenvalue weighted by Gasteiger charge is 2.43. The molecule has 0 rings (SSSR count). The lowest BCUT2D eigenvalue weighted by molar-refractivity contribution is 0.0231. The van der Waals surface area contributed by atoms with Crippen LogP contribution in [-0.4, -0.2) is 40.6 Å². The van der Waals surface area contributed by atoms with Gasteiger partial charge in [-0.3, -0.25) is 0 Å². The van der Waals surface area contributed by atoms with Crippen molar-refractivity contribution in [2.24, 2.45) is 0 Å². The van der Waals surface area contributed by atoms with E-state index in [4.69, 9.17) is 8.85 Å². The van der Waals surface area contributed by atoms with Gasteiger partial charge in [-0.15, -0.1) is 6.58 Å². The standard InChI is InChI=1S/C17H38O3Si2/c1-12-14(19-21(8,9)16(2,3)4)15(13-18)20-22(10,11)17(5,6)7/h12,14-15,18H,1,13H2,2-11H3/t14-,15+/m0/s1. The molecular formula is C17H38O3Si2. The quantitative estimate of drug-likeness (QED) is 0.524. The first kappa shape index (κ1) is 22.1. The second-order valence-electron chi connectivity index (χ2n) is 9.18. The van der Waals surface area contributed by atoms with Crippen LogP contribution < -0.4 is 0 Å². The van der Waals surface area contributed by atoms with E-state index in [1.165, 1.54) is 0 Å². The number of aliphatic hydroxyl groups is 1. The third-order valence-electron chi connectivity index (χ3n) is 5.27. The molecule has 0 saturated carbocycles. The van der Waals surface area contributed by atoms with Crippen LogP contribution in [0.25, 0.3) is 0 Å². The molecule has 0 aliphatic rings. The average molecular weight is 347 g/mol. The minimum absolute atomic E-state index is 0.0438. The van der Waals surface area contributed by atoms with Crippen LogP contribution in [0.5, 0.6) is 0 Å². The lowest BCUT2D eigenvalue weighted by atomic mass is 10.2. The van der Waals surface area contributed by atoms with Gasteiger partial charge in [0.15, 0.2) is 16.6 Å². The third kappa shape index (κ3) is 5.60. The molecule has 0 bridgehead atoms. The zero-order valence-electron chi connectivity index (χ0n) is 16.4. The van der Waals surface area contributed by atoms with Crippen molar-refractivity contribution < 1.29 is 14.0 Å². The summed E-state index contributed by atoms with van der Waals surface area (Å²) in [5.41, 5.74) is 0. The van der Waals surface area contributed by atoms with Crippen molar-refractivity contribution in [3.8, 4) is 0 Å². The van der Waals surface area contributed by atoms with Gasteiger partial charge in [0, 0.05) is 0 Å². The first-order chi connectivity index (χ1) is 9.59. The molecule has 0 aromatic heterocycles. The molecule has 22 heavy (non-hydrogen) atoms. The summed E-state index contributed by atoms with van der Waals surface area (Å²) in [5, 5.41) is 10.1. The van der Waals surface area contributed by atoms with Crippen LogP contribution in [-0.2, 0) is 8.85 Å². The monoisotopic (exact) mass is 346 g/mol. The number of hydrogen-bond donors (Lipinski definition) is 1. The summed E-state index contributed by atoms with van der Waals surface area (Å²) in [5.74, 6) is 0. The Bertz CT molecular complexity index is 365. The van der Waals surface area contributed by atoms with E-state index in [0.717, 1.165) is 0 Å². The molecule has 0 aliphatic heterocycles. The predicted octanol–water partition coefficient (Wildman–Crippen LogP) is 4.95. The fourth-order valence-electron chi connectivity index (χ4n) is 1.56. The van der Waals surface area contributed by atoms with Gasteiger partial charge in [-0.05, 0) is 36.3 Å². The molecule has 132 valence electrons. The Morgan fingerprint density at radius 2 is 1.27 bits per heavy atom. The maximum atomic E-state index is 9.84. The van der Waals surface area contributed by atoms with Crippen molar-refractivity contribution in [3.63, 3.8) is 0 Å². The van der Waals surface area contributed by atoms with E-state index in [1.54, 1.807) is 6.08 Å². The Kier molecular flexibility index (Phi) is 7.32. The lowest BCUT2D eigenvalue weighted by Gasteiger charge is -2.44. The maximum Gasteiger partial charge on any atom is 0.193 e. The van der Waals surface area contributed by atoms with Gasteiger partial charge in [0.25, 0.3) is 0 Å². The van der Waals surface area contributed by atoms with E-state index in [9.17, 15) is 5.11 Å². The van der Waals surface area contributed by atoms with Gasteiger partial charge in [-0.25, -0.2) is 0 Å². The fraction of sp³-hybridized carbons (Fsp3) is 0.882. The molecule has 2 atom stereocenters. The third-order valence-corrected chi connectivity index (χ3v) is 14.2. The van der Waals surface area contributed by atoms with Gasteiger partial charge in [0.2, 0.25) is 0 Å². The van der Waals surface area contributed by atoms with Gasteiger partial charge in [-0.2, -0.15) is 0 Å². The van der Waals surface area contributed by atoms with Crippen LogP contribution in [0.3, 0.4) is 0 Å². The normalized spacial score (nSPS) is 17.2. The van der Waals surface area contributed by atoms with Crippen LogP contribution in [0.15, 0.2) is 12.7 Å². The van der Waals surface area contributed by atoms with Crippen LogP contribution in [0.1, 0.15) is 41.5 Å². The maximum absolute atomic E-state index is 9.84. The Balaban J connectivity index is 5.24. The summed E-state index contributed by atoms with van der Waals surface area (Å²) in [7, 11) is -3.90. The zero-order chi connectivity index (χ0) is 18.0. The summed E-state index contributed by atoms with van der Waals surface area (Å²) in [6.07, 6.45) is 1.18. The van der Waals surface area contributed by atoms with E-state index in [0.29, 0.717) is 0 Å². The zero-order valence-corrected chi connectivity index (χ0v) is 18.4. The number of rotatable bonds is 7. The summed E-state index contributed by atoms with van der Waals surface area (Å²) >= 11 is 0. The minimum Gasteiger partial charge on any atom is -0.409 e. The van der Waals surface area contributed by atoms with Crippen LogP contribution >= 0.6 is 0 Å². The van der Waals surface area contributed by atoms with E-state index >= 15 is 0 Å². The molecule has 0 fully saturated rings. The highest BCUT2D eigenvalue weighted by atomic mass is 28.4. The molecule has 0 aromatic carbocycles. The van der Waals surface area contributed by atoms with Gasteiger partial charge >= 0.3 is 0 Å². The SMILES string of the molecule is C=C[C@H](O[Si](C)(C)C(C)(C)C)[C@@H](CO)O[Si](C)(C)C(C)(C)C. The first-order valence-electron chi connectivity index (χ1n) is 8.18. The second-order valence-corrected chi connectivity index (χ2v) is 18.7. The molecule has 3 nitrogen and oxygen atoms in total. The Hall–Kier alpha value is 0.0538. The Morgan fingerprint density at radius 1 is 0.909 bits per heavy atom. The fourth-order valence-corrected chi connectivity index (χ4v) is 4.16. The summed E-state index contributed by atoms with van der Waals surface area (Å²) < 4.78 is 12.8. The van der Waals surface area contributed by atoms with Gasteiger partial charge < -0.3 is 14.0 Å². The van der Waals surface area contributed by atoms with Gasteiger partial charge in [-0.1, -0.05) is 47.6 Å². The van der Waals surface area contributed by atoms with E-state index < -0.39 is 16.6 Å². The summed E-state index contributed by atoms with van der Waals surface area (Å²) in [6, 6.07) is 0. The first-order valence-corrected chi connectivity index (χ1v) is 14.0. The van der Waals surface area contributed by atoms with Crippen molar-refractivity contribution in [1.29, 1.82) is 0 Å². The number of hydrogen-bond acceptors (Lipinski definition) is 3. The highest BCUT2D eigenvalue weighted by molar-refractivity contribution is 6.74. The Labute approximate surface area is 140 Å². The molecule has 0 aromatic rings. The predicted molar refractivity (Wildman–Crippen MR) is 101 cm³/mol. The minimum atomic E-state index is -1.96. The molecule has 0 amide bonds.